The summed E-state index contributed by atoms with van der Waals surface area (Å²) >= 11 is 0. The van der Waals surface area contributed by atoms with Crippen LogP contribution in [-0.4, -0.2) is 27.3 Å². The number of hydrogen-bond donors (Lipinski definition) is 3. The summed E-state index contributed by atoms with van der Waals surface area (Å²) in [4.78, 5) is 15.5. The van der Waals surface area contributed by atoms with Gasteiger partial charge in [-0.05, 0) is 43.7 Å². The van der Waals surface area contributed by atoms with E-state index in [1.165, 1.54) is 0 Å². The lowest BCUT2D eigenvalue weighted by Gasteiger charge is -2.09. The van der Waals surface area contributed by atoms with E-state index in [4.69, 9.17) is 0 Å². The Bertz CT molecular complexity index is 570. The molecule has 0 unspecified atom stereocenters. The number of anilines is 2. The molecule has 0 radical (unpaired) electrons. The average Bonchev–Trinajstić information content (AvgIpc) is 2.47. The molecule has 7 nitrogen and oxygen atoms in total. The smallest absolute Gasteiger partial charge is 0.320 e. The first kappa shape index (κ1) is 14.7. The third-order valence-corrected chi connectivity index (χ3v) is 2.55. The van der Waals surface area contributed by atoms with Crippen molar-refractivity contribution >= 4 is 17.7 Å². The number of nitrogens with one attached hydrogen (secondary N) is 3. The summed E-state index contributed by atoms with van der Waals surface area (Å²) in [5, 5.41) is 16.4. The lowest BCUT2D eigenvalue weighted by Crippen LogP contribution is -2.34. The van der Waals surface area contributed by atoms with Crippen LogP contribution in [0.2, 0.25) is 0 Å². The van der Waals surface area contributed by atoms with Crippen molar-refractivity contribution in [2.75, 3.05) is 10.6 Å². The number of carbonyl (C=O) groups is 1. The molecular formula is C14H18N6O. The molecule has 0 bridgehead atoms. The van der Waals surface area contributed by atoms with E-state index in [0.29, 0.717) is 18.2 Å². The van der Waals surface area contributed by atoms with Crippen LogP contribution in [-0.2, 0) is 6.54 Å². The minimum absolute atomic E-state index is 0.0688. The van der Waals surface area contributed by atoms with Gasteiger partial charge in [0.15, 0.2) is 5.82 Å². The largest absolute Gasteiger partial charge is 0.365 e. The Morgan fingerprint density at radius 2 is 1.76 bits per heavy atom. The fourth-order valence-corrected chi connectivity index (χ4v) is 1.60. The number of hydrogen-bond acceptors (Lipinski definition) is 5. The number of carbonyl (C=O) groups excluding carboxylic acids is 1. The van der Waals surface area contributed by atoms with Gasteiger partial charge >= 0.3 is 6.03 Å². The Balaban J connectivity index is 1.86. The van der Waals surface area contributed by atoms with Gasteiger partial charge in [0.05, 0.1) is 0 Å². The highest BCUT2D eigenvalue weighted by Crippen LogP contribution is 2.07. The second kappa shape index (κ2) is 7.18. The van der Waals surface area contributed by atoms with Crippen LogP contribution in [0.4, 0.5) is 16.4 Å². The lowest BCUT2D eigenvalue weighted by molar-refractivity contribution is 0.250. The summed E-state index contributed by atoms with van der Waals surface area (Å²) in [6.45, 7) is 4.41. The number of nitrogens with zero attached hydrogens (tertiary/aromatic N) is 3. The van der Waals surface area contributed by atoms with E-state index >= 15 is 0 Å². The van der Waals surface area contributed by atoms with Crippen LogP contribution >= 0.6 is 0 Å². The van der Waals surface area contributed by atoms with Crippen LogP contribution in [0.15, 0.2) is 36.7 Å². The van der Waals surface area contributed by atoms with Crippen molar-refractivity contribution in [3.05, 3.63) is 42.2 Å². The first-order valence-corrected chi connectivity index (χ1v) is 6.67. The van der Waals surface area contributed by atoms with Crippen molar-refractivity contribution < 1.29 is 4.79 Å². The van der Waals surface area contributed by atoms with E-state index < -0.39 is 0 Å². The zero-order valence-corrected chi connectivity index (χ0v) is 12.0. The molecule has 21 heavy (non-hydrogen) atoms. The predicted octanol–water partition coefficient (Wildman–Crippen LogP) is 2.01. The standard InChI is InChI=1S/C14H18N6O/c1-10(2)17-14(21)18-13-4-3-12(19-20-13)16-9-11-5-7-15-8-6-11/h3-8,10H,9H2,1-2H3,(H,16,19)(H2,17,18,20,21). The molecule has 0 aliphatic heterocycles. The van der Waals surface area contributed by atoms with Gasteiger partial charge in [0, 0.05) is 25.0 Å². The molecular weight excluding hydrogens is 268 g/mol. The third kappa shape index (κ3) is 5.06. The molecule has 2 heterocycles. The van der Waals surface area contributed by atoms with Crippen LogP contribution in [0.25, 0.3) is 0 Å². The van der Waals surface area contributed by atoms with E-state index in [9.17, 15) is 4.79 Å². The second-order valence-electron chi connectivity index (χ2n) is 4.77. The quantitative estimate of drug-likeness (QED) is 0.782. The highest BCUT2D eigenvalue weighted by Gasteiger charge is 2.04. The molecule has 2 aromatic rings. The maximum atomic E-state index is 11.5. The third-order valence-electron chi connectivity index (χ3n) is 2.55. The van der Waals surface area contributed by atoms with Gasteiger partial charge in [-0.15, -0.1) is 10.2 Å². The Morgan fingerprint density at radius 3 is 2.38 bits per heavy atom. The molecule has 2 aromatic heterocycles. The highest BCUT2D eigenvalue weighted by atomic mass is 16.2. The summed E-state index contributed by atoms with van der Waals surface area (Å²) < 4.78 is 0. The van der Waals surface area contributed by atoms with Gasteiger partial charge < -0.3 is 10.6 Å². The number of amides is 2. The number of urea groups is 1. The van der Waals surface area contributed by atoms with E-state index in [0.717, 1.165) is 5.56 Å². The fourth-order valence-electron chi connectivity index (χ4n) is 1.60. The van der Waals surface area contributed by atoms with Crippen LogP contribution in [0.1, 0.15) is 19.4 Å². The fraction of sp³-hybridized carbons (Fsp3) is 0.286. The molecule has 0 fully saturated rings. The van der Waals surface area contributed by atoms with E-state index in [2.05, 4.69) is 31.1 Å². The van der Waals surface area contributed by atoms with Gasteiger partial charge in [0.2, 0.25) is 0 Å². The van der Waals surface area contributed by atoms with Crippen LogP contribution in [0.5, 0.6) is 0 Å². The van der Waals surface area contributed by atoms with Crippen molar-refractivity contribution in [2.45, 2.75) is 26.4 Å². The monoisotopic (exact) mass is 286 g/mol. The minimum atomic E-state index is -0.295. The average molecular weight is 286 g/mol. The van der Waals surface area contributed by atoms with Gasteiger partial charge in [-0.3, -0.25) is 10.3 Å². The first-order valence-electron chi connectivity index (χ1n) is 6.67. The Morgan fingerprint density at radius 1 is 1.10 bits per heavy atom. The maximum absolute atomic E-state index is 11.5. The SMILES string of the molecule is CC(C)NC(=O)Nc1ccc(NCc2ccncc2)nn1. The van der Waals surface area contributed by atoms with Crippen LogP contribution < -0.4 is 16.0 Å². The molecule has 7 heteroatoms. The summed E-state index contributed by atoms with van der Waals surface area (Å²) in [6, 6.07) is 7.08. The number of pyridine rings is 1. The van der Waals surface area contributed by atoms with Gasteiger partial charge in [0.1, 0.15) is 5.82 Å². The molecule has 0 aliphatic rings. The molecule has 110 valence electrons. The summed E-state index contributed by atoms with van der Waals surface area (Å²) in [6.07, 6.45) is 3.48. The maximum Gasteiger partial charge on any atom is 0.320 e. The van der Waals surface area contributed by atoms with Gasteiger partial charge in [-0.1, -0.05) is 0 Å². The Hall–Kier alpha value is -2.70. The van der Waals surface area contributed by atoms with Crippen molar-refractivity contribution in [2.24, 2.45) is 0 Å². The molecule has 0 saturated carbocycles. The Kier molecular flexibility index (Phi) is 5.03. The van der Waals surface area contributed by atoms with Gasteiger partial charge in [-0.2, -0.15) is 0 Å². The first-order chi connectivity index (χ1) is 10.1. The van der Waals surface area contributed by atoms with Crippen molar-refractivity contribution in [3.63, 3.8) is 0 Å². The minimum Gasteiger partial charge on any atom is -0.365 e. The lowest BCUT2D eigenvalue weighted by atomic mass is 10.3. The van der Waals surface area contributed by atoms with E-state index in [1.54, 1.807) is 24.5 Å². The summed E-state index contributed by atoms with van der Waals surface area (Å²) in [5.41, 5.74) is 1.10. The topological polar surface area (TPSA) is 91.8 Å². The molecule has 2 rings (SSSR count). The zero-order valence-electron chi connectivity index (χ0n) is 12.0. The molecule has 0 atom stereocenters. The van der Waals surface area contributed by atoms with E-state index in [-0.39, 0.29) is 12.1 Å². The normalized spacial score (nSPS) is 10.2. The number of aromatic nitrogens is 3. The predicted molar refractivity (Wildman–Crippen MR) is 80.9 cm³/mol. The molecule has 0 spiro atoms. The zero-order chi connectivity index (χ0) is 15.1. The van der Waals surface area contributed by atoms with Crippen LogP contribution in [0.3, 0.4) is 0 Å². The van der Waals surface area contributed by atoms with Crippen molar-refractivity contribution in [3.8, 4) is 0 Å². The van der Waals surface area contributed by atoms with Gasteiger partial charge in [0.25, 0.3) is 0 Å². The molecule has 0 aromatic carbocycles. The molecule has 0 saturated heterocycles. The van der Waals surface area contributed by atoms with Crippen molar-refractivity contribution in [1.29, 1.82) is 0 Å². The van der Waals surface area contributed by atoms with Crippen LogP contribution in [0, 0.1) is 0 Å². The number of rotatable bonds is 5. The molecule has 3 N–H and O–H groups in total. The highest BCUT2D eigenvalue weighted by molar-refractivity contribution is 5.88. The second-order valence-corrected chi connectivity index (χ2v) is 4.77. The van der Waals surface area contributed by atoms with Gasteiger partial charge in [-0.25, -0.2) is 4.79 Å². The Labute approximate surface area is 123 Å². The molecule has 2 amide bonds. The van der Waals surface area contributed by atoms with E-state index in [1.807, 2.05) is 26.0 Å². The molecule has 0 aliphatic carbocycles. The van der Waals surface area contributed by atoms with Crippen molar-refractivity contribution in [1.82, 2.24) is 20.5 Å². The summed E-state index contributed by atoms with van der Waals surface area (Å²) in [7, 11) is 0. The summed E-state index contributed by atoms with van der Waals surface area (Å²) in [5.74, 6) is 1.05.